The smallest absolute Gasteiger partial charge is 0.293 e. The zero-order chi connectivity index (χ0) is 15.1. The topological polar surface area (TPSA) is 69.9 Å². The molecule has 1 aromatic carbocycles. The van der Waals surface area contributed by atoms with Crippen LogP contribution in [0.3, 0.4) is 0 Å². The number of imidazole rings is 1. The number of hydrogen-bond acceptors (Lipinski definition) is 5. The van der Waals surface area contributed by atoms with E-state index in [1.54, 1.807) is 24.7 Å². The van der Waals surface area contributed by atoms with Crippen LogP contribution < -0.4 is 0 Å². The lowest BCUT2D eigenvalue weighted by Crippen LogP contribution is -2.00. The summed E-state index contributed by atoms with van der Waals surface area (Å²) in [5, 5.41) is 4.00. The Morgan fingerprint density at radius 3 is 2.86 bits per heavy atom. The first-order chi connectivity index (χ1) is 10.7. The van der Waals surface area contributed by atoms with Gasteiger partial charge < -0.3 is 13.5 Å². The fourth-order valence-corrected chi connectivity index (χ4v) is 2.41. The minimum Gasteiger partial charge on any atom is -0.459 e. The van der Waals surface area contributed by atoms with E-state index < -0.39 is 0 Å². The van der Waals surface area contributed by atoms with Crippen LogP contribution in [-0.4, -0.2) is 19.7 Å². The van der Waals surface area contributed by atoms with Gasteiger partial charge in [-0.25, -0.2) is 4.98 Å². The monoisotopic (exact) mass is 294 g/mol. The summed E-state index contributed by atoms with van der Waals surface area (Å²) in [6.07, 6.45) is 3.38. The predicted octanol–water partition coefficient (Wildman–Crippen LogP) is 3.34. The van der Waals surface area contributed by atoms with Gasteiger partial charge in [0.1, 0.15) is 0 Å². The van der Waals surface area contributed by atoms with Crippen LogP contribution in [-0.2, 0) is 6.54 Å². The highest BCUT2D eigenvalue weighted by Gasteiger charge is 2.13. The Kier molecular flexibility index (Phi) is 2.82. The van der Waals surface area contributed by atoms with Crippen molar-refractivity contribution in [2.45, 2.75) is 20.4 Å². The van der Waals surface area contributed by atoms with Gasteiger partial charge in [0.05, 0.1) is 30.2 Å². The SMILES string of the molecule is Cc1cc2ncn(Cc3noc(-c4ccco4)n3)c2cc1C. The summed E-state index contributed by atoms with van der Waals surface area (Å²) in [6.45, 7) is 4.68. The van der Waals surface area contributed by atoms with E-state index in [1.165, 1.54) is 11.1 Å². The van der Waals surface area contributed by atoms with E-state index >= 15 is 0 Å². The quantitative estimate of drug-likeness (QED) is 0.579. The Labute approximate surface area is 126 Å². The van der Waals surface area contributed by atoms with Gasteiger partial charge in [0.2, 0.25) is 0 Å². The van der Waals surface area contributed by atoms with Crippen LogP contribution in [0.15, 0.2) is 45.8 Å². The van der Waals surface area contributed by atoms with E-state index in [9.17, 15) is 0 Å². The summed E-state index contributed by atoms with van der Waals surface area (Å²) in [4.78, 5) is 8.79. The molecule has 0 saturated heterocycles. The number of fused-ring (bicyclic) bond motifs is 1. The van der Waals surface area contributed by atoms with Gasteiger partial charge in [0, 0.05) is 0 Å². The summed E-state index contributed by atoms with van der Waals surface area (Å²) in [6, 6.07) is 7.79. The highest BCUT2D eigenvalue weighted by Crippen LogP contribution is 2.20. The molecule has 0 spiro atoms. The summed E-state index contributed by atoms with van der Waals surface area (Å²) < 4.78 is 12.5. The van der Waals surface area contributed by atoms with E-state index in [1.807, 2.05) is 4.57 Å². The van der Waals surface area contributed by atoms with Gasteiger partial charge in [0.25, 0.3) is 5.89 Å². The van der Waals surface area contributed by atoms with E-state index in [0.29, 0.717) is 24.0 Å². The second-order valence-electron chi connectivity index (χ2n) is 5.29. The highest BCUT2D eigenvalue weighted by atomic mass is 16.5. The summed E-state index contributed by atoms with van der Waals surface area (Å²) >= 11 is 0. The van der Waals surface area contributed by atoms with Crippen LogP contribution in [0.25, 0.3) is 22.7 Å². The van der Waals surface area contributed by atoms with E-state index in [4.69, 9.17) is 8.94 Å². The molecule has 0 saturated carbocycles. The molecule has 0 unspecified atom stereocenters. The first kappa shape index (κ1) is 12.8. The first-order valence-electron chi connectivity index (χ1n) is 6.99. The molecule has 22 heavy (non-hydrogen) atoms. The number of aryl methyl sites for hydroxylation is 2. The fourth-order valence-electron chi connectivity index (χ4n) is 2.41. The Morgan fingerprint density at radius 2 is 2.05 bits per heavy atom. The Balaban J connectivity index is 1.68. The van der Waals surface area contributed by atoms with Crippen molar-refractivity contribution in [2.75, 3.05) is 0 Å². The molecule has 0 aliphatic carbocycles. The number of rotatable bonds is 3. The van der Waals surface area contributed by atoms with Gasteiger partial charge in [0.15, 0.2) is 11.6 Å². The molecule has 0 aliphatic rings. The third kappa shape index (κ3) is 2.09. The number of furan rings is 1. The third-order valence-corrected chi connectivity index (χ3v) is 3.75. The number of aromatic nitrogens is 4. The standard InChI is InChI=1S/C16H14N4O2/c1-10-6-12-13(7-11(10)2)20(9-17-12)8-15-18-16(22-19-15)14-4-3-5-21-14/h3-7,9H,8H2,1-2H3. The molecule has 3 heterocycles. The van der Waals surface area contributed by atoms with E-state index in [-0.39, 0.29) is 0 Å². The minimum absolute atomic E-state index is 0.386. The Bertz CT molecular complexity index is 935. The number of hydrogen-bond donors (Lipinski definition) is 0. The van der Waals surface area contributed by atoms with Crippen LogP contribution in [0, 0.1) is 13.8 Å². The summed E-state index contributed by atoms with van der Waals surface area (Å²) in [5.41, 5.74) is 4.50. The molecule has 4 rings (SSSR count). The van der Waals surface area contributed by atoms with Crippen LogP contribution >= 0.6 is 0 Å². The fraction of sp³-hybridized carbons (Fsp3) is 0.188. The second kappa shape index (κ2) is 4.84. The van der Waals surface area contributed by atoms with Crippen molar-refractivity contribution in [2.24, 2.45) is 0 Å². The molecule has 0 fully saturated rings. The van der Waals surface area contributed by atoms with Gasteiger partial charge in [-0.15, -0.1) is 0 Å². The van der Waals surface area contributed by atoms with Crippen molar-refractivity contribution in [1.82, 2.24) is 19.7 Å². The van der Waals surface area contributed by atoms with Crippen molar-refractivity contribution in [3.63, 3.8) is 0 Å². The molecular formula is C16H14N4O2. The Hall–Kier alpha value is -2.89. The van der Waals surface area contributed by atoms with Crippen LogP contribution in [0.4, 0.5) is 0 Å². The molecule has 0 amide bonds. The van der Waals surface area contributed by atoms with Crippen molar-refractivity contribution >= 4 is 11.0 Å². The highest BCUT2D eigenvalue weighted by molar-refractivity contribution is 5.77. The normalized spacial score (nSPS) is 11.4. The van der Waals surface area contributed by atoms with Crippen molar-refractivity contribution < 1.29 is 8.94 Å². The Morgan fingerprint density at radius 1 is 1.18 bits per heavy atom. The maximum Gasteiger partial charge on any atom is 0.293 e. The van der Waals surface area contributed by atoms with Crippen LogP contribution in [0.1, 0.15) is 17.0 Å². The minimum atomic E-state index is 0.386. The number of benzene rings is 1. The zero-order valence-electron chi connectivity index (χ0n) is 12.3. The molecule has 4 aromatic rings. The molecule has 0 radical (unpaired) electrons. The third-order valence-electron chi connectivity index (χ3n) is 3.75. The molecule has 3 aromatic heterocycles. The van der Waals surface area contributed by atoms with Crippen molar-refractivity contribution in [3.8, 4) is 11.7 Å². The lowest BCUT2D eigenvalue weighted by atomic mass is 10.1. The lowest BCUT2D eigenvalue weighted by molar-refractivity contribution is 0.407. The van der Waals surface area contributed by atoms with Gasteiger partial charge in [-0.1, -0.05) is 5.16 Å². The van der Waals surface area contributed by atoms with Crippen molar-refractivity contribution in [3.05, 3.63) is 53.8 Å². The van der Waals surface area contributed by atoms with Crippen molar-refractivity contribution in [1.29, 1.82) is 0 Å². The summed E-state index contributed by atoms with van der Waals surface area (Å²) in [5.74, 6) is 1.54. The maximum atomic E-state index is 5.25. The van der Waals surface area contributed by atoms with Gasteiger partial charge >= 0.3 is 0 Å². The molecular weight excluding hydrogens is 280 g/mol. The zero-order valence-corrected chi connectivity index (χ0v) is 12.3. The van der Waals surface area contributed by atoms with Gasteiger partial charge in [-0.2, -0.15) is 4.98 Å². The predicted molar refractivity (Wildman–Crippen MR) is 80.3 cm³/mol. The second-order valence-corrected chi connectivity index (χ2v) is 5.29. The van der Waals surface area contributed by atoms with Gasteiger partial charge in [-0.3, -0.25) is 0 Å². The summed E-state index contributed by atoms with van der Waals surface area (Å²) in [7, 11) is 0. The van der Waals surface area contributed by atoms with Gasteiger partial charge in [-0.05, 0) is 49.2 Å². The molecule has 110 valence electrons. The largest absolute Gasteiger partial charge is 0.459 e. The van der Waals surface area contributed by atoms with E-state index in [2.05, 4.69) is 41.1 Å². The average molecular weight is 294 g/mol. The molecule has 0 aliphatic heterocycles. The molecule has 6 heteroatoms. The maximum absolute atomic E-state index is 5.25. The average Bonchev–Trinajstić information content (AvgIpc) is 3.22. The van der Waals surface area contributed by atoms with Crippen LogP contribution in [0.5, 0.6) is 0 Å². The van der Waals surface area contributed by atoms with Crippen LogP contribution in [0.2, 0.25) is 0 Å². The molecule has 0 N–H and O–H groups in total. The lowest BCUT2D eigenvalue weighted by Gasteiger charge is -2.03. The van der Waals surface area contributed by atoms with E-state index in [0.717, 1.165) is 11.0 Å². The first-order valence-corrected chi connectivity index (χ1v) is 6.99. The number of nitrogens with zero attached hydrogens (tertiary/aromatic N) is 4. The molecule has 6 nitrogen and oxygen atoms in total. The molecule has 0 atom stereocenters. The molecule has 0 bridgehead atoms.